The van der Waals surface area contributed by atoms with Crippen LogP contribution in [0.4, 0.5) is 0 Å². The van der Waals surface area contributed by atoms with E-state index in [4.69, 9.17) is 0 Å². The topological polar surface area (TPSA) is 49.3 Å². The number of hydrogen-bond acceptors (Lipinski definition) is 2. The monoisotopic (exact) mass is 217 g/mol. The number of benzene rings is 1. The van der Waals surface area contributed by atoms with Crippen LogP contribution in [-0.4, -0.2) is 17.1 Å². The van der Waals surface area contributed by atoms with E-state index in [1.54, 1.807) is 13.0 Å². The molecule has 3 nitrogen and oxygen atoms in total. The quantitative estimate of drug-likeness (QED) is 0.734. The number of hydrogen-bond donors (Lipinski definition) is 2. The Labute approximate surface area is 94.8 Å². The summed E-state index contributed by atoms with van der Waals surface area (Å²) in [6, 6.07) is 7.53. The summed E-state index contributed by atoms with van der Waals surface area (Å²) in [4.78, 5) is 11.4. The molecule has 84 valence electrons. The molecule has 2 N–H and O–H groups in total. The fraction of sp³-hybridized carbons (Fsp3) is 0.308. The normalized spacial score (nSPS) is 23.4. The summed E-state index contributed by atoms with van der Waals surface area (Å²) in [6.07, 6.45) is 3.24. The first-order valence-electron chi connectivity index (χ1n) is 5.41. The van der Waals surface area contributed by atoms with Gasteiger partial charge in [-0.2, -0.15) is 0 Å². The molecule has 0 aliphatic heterocycles. The zero-order valence-electron chi connectivity index (χ0n) is 9.18. The van der Waals surface area contributed by atoms with Crippen LogP contribution in [0.1, 0.15) is 24.1 Å². The van der Waals surface area contributed by atoms with E-state index in [-0.39, 0.29) is 11.9 Å². The average molecular weight is 217 g/mol. The van der Waals surface area contributed by atoms with Crippen molar-refractivity contribution >= 4 is 5.91 Å². The van der Waals surface area contributed by atoms with Crippen molar-refractivity contribution in [1.82, 2.24) is 5.32 Å². The lowest BCUT2D eigenvalue weighted by Gasteiger charge is -2.16. The number of aliphatic hydroxyl groups excluding tert-OH is 1. The number of amides is 1. The molecule has 2 unspecified atom stereocenters. The second-order valence-electron chi connectivity index (χ2n) is 3.96. The Morgan fingerprint density at radius 2 is 2.25 bits per heavy atom. The molecule has 0 heterocycles. The Kier molecular flexibility index (Phi) is 3.06. The molecule has 3 heteroatoms. The minimum absolute atomic E-state index is 0.164. The molecular weight excluding hydrogens is 202 g/mol. The highest BCUT2D eigenvalue weighted by atomic mass is 16.3. The largest absolute Gasteiger partial charge is 0.390 e. The average Bonchev–Trinajstić information content (AvgIpc) is 2.56. The van der Waals surface area contributed by atoms with Crippen molar-refractivity contribution in [1.29, 1.82) is 0 Å². The van der Waals surface area contributed by atoms with E-state index >= 15 is 0 Å². The molecule has 0 fully saturated rings. The van der Waals surface area contributed by atoms with Gasteiger partial charge < -0.3 is 10.4 Å². The van der Waals surface area contributed by atoms with Crippen molar-refractivity contribution in [2.24, 2.45) is 0 Å². The molecule has 0 saturated heterocycles. The minimum Gasteiger partial charge on any atom is -0.390 e. The Morgan fingerprint density at radius 3 is 3.00 bits per heavy atom. The van der Waals surface area contributed by atoms with E-state index in [0.717, 1.165) is 11.1 Å². The maximum Gasteiger partial charge on any atom is 0.244 e. The molecule has 0 aromatic heterocycles. The summed E-state index contributed by atoms with van der Waals surface area (Å²) in [5.41, 5.74) is 2.13. The highest BCUT2D eigenvalue weighted by molar-refractivity contribution is 5.87. The summed E-state index contributed by atoms with van der Waals surface area (Å²) >= 11 is 0. The lowest BCUT2D eigenvalue weighted by Crippen LogP contribution is -2.32. The Bertz CT molecular complexity index is 426. The van der Waals surface area contributed by atoms with Crippen LogP contribution >= 0.6 is 0 Å². The fourth-order valence-corrected chi connectivity index (χ4v) is 2.10. The summed E-state index contributed by atoms with van der Waals surface area (Å²) in [5.74, 6) is -0.164. The number of nitrogens with one attached hydrogen (secondary N) is 1. The highest BCUT2D eigenvalue weighted by Crippen LogP contribution is 2.30. The number of carbonyl (C=O) groups excluding carboxylic acids is 1. The molecule has 16 heavy (non-hydrogen) atoms. The van der Waals surface area contributed by atoms with Crippen molar-refractivity contribution in [2.45, 2.75) is 25.5 Å². The van der Waals surface area contributed by atoms with Gasteiger partial charge in [-0.15, -0.1) is 0 Å². The molecule has 0 radical (unpaired) electrons. The number of rotatable bonds is 2. The Hall–Kier alpha value is -1.61. The molecule has 1 amide bonds. The first-order chi connectivity index (χ1) is 7.72. The Morgan fingerprint density at radius 1 is 1.50 bits per heavy atom. The fourth-order valence-electron chi connectivity index (χ4n) is 2.10. The summed E-state index contributed by atoms with van der Waals surface area (Å²) in [6.45, 7) is 1.79. The third kappa shape index (κ3) is 1.99. The molecule has 1 aliphatic carbocycles. The van der Waals surface area contributed by atoms with E-state index in [0.29, 0.717) is 6.42 Å². The number of allylic oxidation sites excluding steroid dienone is 1. The lowest BCUT2D eigenvalue weighted by atomic mass is 10.1. The molecule has 1 aliphatic rings. The van der Waals surface area contributed by atoms with Gasteiger partial charge in [-0.1, -0.05) is 30.3 Å². The van der Waals surface area contributed by atoms with Crippen LogP contribution in [0, 0.1) is 0 Å². The van der Waals surface area contributed by atoms with E-state index in [2.05, 4.69) is 5.32 Å². The summed E-state index contributed by atoms with van der Waals surface area (Å²) in [7, 11) is 0. The summed E-state index contributed by atoms with van der Waals surface area (Å²) in [5, 5.41) is 12.7. The van der Waals surface area contributed by atoms with Crippen molar-refractivity contribution in [3.8, 4) is 0 Å². The van der Waals surface area contributed by atoms with E-state index in [1.165, 1.54) is 6.08 Å². The van der Waals surface area contributed by atoms with Gasteiger partial charge in [0.1, 0.15) is 0 Å². The standard InChI is InChI=1S/C13H15NO2/c1-2-5-12(16)14-13-10-7-4-3-6-9(10)8-11(13)15/h2-7,11,13,15H,8H2,1H3,(H,14,16). The smallest absolute Gasteiger partial charge is 0.244 e. The van der Waals surface area contributed by atoms with Crippen molar-refractivity contribution in [3.63, 3.8) is 0 Å². The predicted octanol–water partition coefficient (Wildman–Crippen LogP) is 1.34. The van der Waals surface area contributed by atoms with Crippen LogP contribution < -0.4 is 5.32 Å². The van der Waals surface area contributed by atoms with E-state index < -0.39 is 6.10 Å². The van der Waals surface area contributed by atoms with Gasteiger partial charge in [-0.3, -0.25) is 4.79 Å². The molecule has 0 spiro atoms. The maximum atomic E-state index is 11.4. The first kappa shape index (κ1) is 10.9. The number of aliphatic hydroxyl groups is 1. The minimum atomic E-state index is -0.522. The van der Waals surface area contributed by atoms with Crippen LogP contribution in [0.3, 0.4) is 0 Å². The van der Waals surface area contributed by atoms with Gasteiger partial charge in [0.15, 0.2) is 0 Å². The first-order valence-corrected chi connectivity index (χ1v) is 5.41. The van der Waals surface area contributed by atoms with E-state index in [1.807, 2.05) is 24.3 Å². The van der Waals surface area contributed by atoms with Crippen LogP contribution in [0.5, 0.6) is 0 Å². The van der Waals surface area contributed by atoms with Gasteiger partial charge in [0.05, 0.1) is 12.1 Å². The van der Waals surface area contributed by atoms with Gasteiger partial charge in [0.25, 0.3) is 0 Å². The molecule has 1 aromatic carbocycles. The zero-order valence-corrected chi connectivity index (χ0v) is 9.18. The number of carbonyl (C=O) groups is 1. The third-order valence-corrected chi connectivity index (χ3v) is 2.82. The van der Waals surface area contributed by atoms with Gasteiger partial charge in [0.2, 0.25) is 5.91 Å². The van der Waals surface area contributed by atoms with Gasteiger partial charge in [0, 0.05) is 6.42 Å². The highest BCUT2D eigenvalue weighted by Gasteiger charge is 2.31. The van der Waals surface area contributed by atoms with Crippen LogP contribution in [0.15, 0.2) is 36.4 Å². The molecule has 0 saturated carbocycles. The molecule has 2 rings (SSSR count). The van der Waals surface area contributed by atoms with Crippen molar-refractivity contribution < 1.29 is 9.90 Å². The number of fused-ring (bicyclic) bond motifs is 1. The molecular formula is C13H15NO2. The molecule has 2 atom stereocenters. The lowest BCUT2D eigenvalue weighted by molar-refractivity contribution is -0.118. The maximum absolute atomic E-state index is 11.4. The van der Waals surface area contributed by atoms with Gasteiger partial charge in [-0.25, -0.2) is 0 Å². The second kappa shape index (κ2) is 4.49. The van der Waals surface area contributed by atoms with Gasteiger partial charge >= 0.3 is 0 Å². The summed E-state index contributed by atoms with van der Waals surface area (Å²) < 4.78 is 0. The van der Waals surface area contributed by atoms with Crippen LogP contribution in [0.25, 0.3) is 0 Å². The van der Waals surface area contributed by atoms with Crippen molar-refractivity contribution in [2.75, 3.05) is 0 Å². The molecule has 0 bridgehead atoms. The zero-order chi connectivity index (χ0) is 11.5. The van der Waals surface area contributed by atoms with Crippen LogP contribution in [0.2, 0.25) is 0 Å². The SMILES string of the molecule is CC=CC(=O)NC1c2ccccc2CC1O. The second-order valence-corrected chi connectivity index (χ2v) is 3.96. The van der Waals surface area contributed by atoms with Crippen molar-refractivity contribution in [3.05, 3.63) is 47.5 Å². The molecule has 1 aromatic rings. The third-order valence-electron chi connectivity index (χ3n) is 2.82. The van der Waals surface area contributed by atoms with Gasteiger partial charge in [-0.05, 0) is 24.1 Å². The van der Waals surface area contributed by atoms with E-state index in [9.17, 15) is 9.90 Å². The predicted molar refractivity (Wildman–Crippen MR) is 61.9 cm³/mol. The Balaban J connectivity index is 2.19. The van der Waals surface area contributed by atoms with Crippen LogP contribution in [-0.2, 0) is 11.2 Å².